The van der Waals surface area contributed by atoms with Crippen molar-refractivity contribution in [1.29, 1.82) is 0 Å². The van der Waals surface area contributed by atoms with Gasteiger partial charge >= 0.3 is 12.0 Å². The van der Waals surface area contributed by atoms with E-state index in [2.05, 4.69) is 10.6 Å². The van der Waals surface area contributed by atoms with Gasteiger partial charge in [0.25, 0.3) is 5.91 Å². The van der Waals surface area contributed by atoms with Gasteiger partial charge in [-0.25, -0.2) is 13.8 Å². The molecule has 4 aliphatic rings. The number of amides is 4. The number of carbonyl (C=O) groups is 4. The Morgan fingerprint density at radius 3 is 2.72 bits per heavy atom. The Morgan fingerprint density at radius 1 is 1.31 bits per heavy atom. The van der Waals surface area contributed by atoms with Crippen LogP contribution < -0.4 is 10.6 Å². The highest BCUT2D eigenvalue weighted by Crippen LogP contribution is 2.35. The van der Waals surface area contributed by atoms with E-state index in [0.29, 0.717) is 12.8 Å². The molecule has 0 spiro atoms. The number of piperidine rings is 1. The topological polar surface area (TPSA) is 108 Å². The number of nitrogens with zero attached hydrogens (tertiary/aromatic N) is 2. The van der Waals surface area contributed by atoms with Crippen LogP contribution in [0.15, 0.2) is 6.07 Å². The third-order valence-electron chi connectivity index (χ3n) is 7.02. The molecule has 36 heavy (non-hydrogen) atoms. The summed E-state index contributed by atoms with van der Waals surface area (Å²) in [6.07, 6.45) is -0.519. The fraction of sp³-hybridized carbons (Fsp3) is 0.522. The highest BCUT2D eigenvalue weighted by atomic mass is 35.5. The molecule has 1 atom stereocenters. The van der Waals surface area contributed by atoms with Crippen LogP contribution in [-0.4, -0.2) is 70.2 Å². The van der Waals surface area contributed by atoms with Crippen molar-refractivity contribution in [3.63, 3.8) is 0 Å². The Hall–Kier alpha value is -3.15. The number of carbonyl (C=O) groups excluding carboxylic acids is 4. The summed E-state index contributed by atoms with van der Waals surface area (Å²) in [5.41, 5.74) is 0.757. The first-order valence-electron chi connectivity index (χ1n) is 11.6. The van der Waals surface area contributed by atoms with Gasteiger partial charge in [0.1, 0.15) is 24.5 Å². The van der Waals surface area contributed by atoms with Gasteiger partial charge in [-0.2, -0.15) is 8.78 Å². The molecule has 1 unspecified atom stereocenters. The maximum Gasteiger partial charge on any atom is 0.407 e. The van der Waals surface area contributed by atoms with Gasteiger partial charge in [-0.3, -0.25) is 19.7 Å². The molecule has 13 heteroatoms. The zero-order valence-electron chi connectivity index (χ0n) is 19.0. The van der Waals surface area contributed by atoms with Crippen molar-refractivity contribution >= 4 is 41.1 Å². The van der Waals surface area contributed by atoms with Crippen molar-refractivity contribution in [3.05, 3.63) is 33.6 Å². The summed E-state index contributed by atoms with van der Waals surface area (Å²) in [5, 5.41) is 4.72. The molecule has 5 rings (SSSR count). The third kappa shape index (κ3) is 4.54. The smallest absolute Gasteiger partial charge is 0.407 e. The molecule has 192 valence electrons. The second-order valence-electron chi connectivity index (χ2n) is 9.47. The van der Waals surface area contributed by atoms with Crippen LogP contribution >= 0.6 is 11.6 Å². The van der Waals surface area contributed by atoms with E-state index in [0.717, 1.165) is 5.71 Å². The molecule has 4 amide bonds. The highest BCUT2D eigenvalue weighted by molar-refractivity contribution is 6.32. The number of hydrogen-bond acceptors (Lipinski definition) is 5. The van der Waals surface area contributed by atoms with Gasteiger partial charge in [-0.1, -0.05) is 11.6 Å². The van der Waals surface area contributed by atoms with E-state index in [4.69, 9.17) is 16.3 Å². The number of imide groups is 1. The Kier molecular flexibility index (Phi) is 6.17. The third-order valence-corrected chi connectivity index (χ3v) is 7.36. The normalized spacial score (nSPS) is 25.0. The maximum absolute atomic E-state index is 15.3. The molecule has 2 N–H and O–H groups in total. The Balaban J connectivity index is 1.19. The summed E-state index contributed by atoms with van der Waals surface area (Å²) < 4.78 is 48.9. The summed E-state index contributed by atoms with van der Waals surface area (Å²) in [6, 6.07) is 0.394. The summed E-state index contributed by atoms with van der Waals surface area (Å²) >= 11 is 6.30. The largest absolute Gasteiger partial charge is 0.445 e. The Morgan fingerprint density at radius 2 is 2.06 bits per heavy atom. The molecule has 1 aromatic carbocycles. The predicted octanol–water partition coefficient (Wildman–Crippen LogP) is 2.12. The lowest BCUT2D eigenvalue weighted by molar-refractivity contribution is -0.520. The minimum Gasteiger partial charge on any atom is -0.445 e. The van der Waals surface area contributed by atoms with Crippen molar-refractivity contribution in [1.82, 2.24) is 15.5 Å². The molecule has 0 radical (unpaired) electrons. The number of alkyl halides is 2. The first-order chi connectivity index (χ1) is 17.0. The predicted molar refractivity (Wildman–Crippen MR) is 118 cm³/mol. The van der Waals surface area contributed by atoms with E-state index in [1.54, 1.807) is 4.58 Å². The Bertz CT molecular complexity index is 1210. The van der Waals surface area contributed by atoms with Crippen LogP contribution in [0.4, 0.5) is 18.0 Å². The van der Waals surface area contributed by atoms with Gasteiger partial charge in [0, 0.05) is 35.7 Å². The van der Waals surface area contributed by atoms with Crippen molar-refractivity contribution in [2.45, 2.75) is 63.3 Å². The van der Waals surface area contributed by atoms with Crippen LogP contribution in [0.3, 0.4) is 0 Å². The second kappa shape index (κ2) is 9.06. The van der Waals surface area contributed by atoms with Gasteiger partial charge in [0.05, 0.1) is 24.8 Å². The van der Waals surface area contributed by atoms with Crippen molar-refractivity contribution in [2.24, 2.45) is 0 Å². The van der Waals surface area contributed by atoms with Gasteiger partial charge in [0.2, 0.25) is 18.4 Å². The fourth-order valence-corrected chi connectivity index (χ4v) is 5.30. The molecule has 3 heterocycles. The van der Waals surface area contributed by atoms with Crippen LogP contribution in [0.1, 0.15) is 53.6 Å². The molecule has 1 saturated carbocycles. The molecule has 9 nitrogen and oxygen atoms in total. The quantitative estimate of drug-likeness (QED) is 0.461. The molecule has 0 aromatic heterocycles. The van der Waals surface area contributed by atoms with Gasteiger partial charge in [-0.15, -0.1) is 0 Å². The van der Waals surface area contributed by atoms with Crippen LogP contribution in [0.5, 0.6) is 0 Å². The summed E-state index contributed by atoms with van der Waals surface area (Å²) in [4.78, 5) is 49.9. The summed E-state index contributed by atoms with van der Waals surface area (Å²) in [7, 11) is 0. The lowest BCUT2D eigenvalue weighted by Crippen LogP contribution is -2.52. The number of ether oxygens (including phenoxy) is 1. The Labute approximate surface area is 208 Å². The average Bonchev–Trinajstić information content (AvgIpc) is 3.31. The lowest BCUT2D eigenvalue weighted by Gasteiger charge is -2.29. The first-order valence-corrected chi connectivity index (χ1v) is 12.0. The number of benzene rings is 1. The fourth-order valence-electron chi connectivity index (χ4n) is 5.01. The minimum absolute atomic E-state index is 0.0330. The standard InChI is InChI=1S/C23H22ClF3N4O5/c24-15-5-11(8-28-22(35)36-13-6-12(7-13)30-4-3-23(26,27)10-30)19(25)18-14(15)9-31(21(18)34)16-1-2-17(32)29-20(16)33/h5,13,16H,1-4,6-10H2,(H-,28,29,32,33,35)/p+1. The number of fused-ring (bicyclic) bond motifs is 1. The van der Waals surface area contributed by atoms with Crippen LogP contribution in [0, 0.1) is 5.82 Å². The van der Waals surface area contributed by atoms with E-state index in [1.165, 1.54) is 11.0 Å². The maximum atomic E-state index is 15.3. The summed E-state index contributed by atoms with van der Waals surface area (Å²) in [5.74, 6) is -5.32. The number of nitrogens with one attached hydrogen (secondary N) is 2. The molecule has 1 aliphatic carbocycles. The SMILES string of the molecule is O=C1CCC(N2Cc3c(Cl)cc(CNC(=O)OC4CC(=[N+]5CCC(F)(F)C5)C4)c(F)c3C2=O)C(=O)N1. The minimum atomic E-state index is -2.70. The van der Waals surface area contributed by atoms with Crippen molar-refractivity contribution < 1.29 is 41.7 Å². The number of halogens is 4. The molecule has 2 saturated heterocycles. The van der Waals surface area contributed by atoms with Gasteiger partial charge in [0.15, 0.2) is 5.71 Å². The van der Waals surface area contributed by atoms with Crippen LogP contribution in [0.2, 0.25) is 5.02 Å². The highest BCUT2D eigenvalue weighted by Gasteiger charge is 2.46. The summed E-state index contributed by atoms with van der Waals surface area (Å²) in [6.45, 7) is -0.418. The lowest BCUT2D eigenvalue weighted by atomic mass is 9.92. The van der Waals surface area contributed by atoms with Crippen molar-refractivity contribution in [3.8, 4) is 0 Å². The van der Waals surface area contributed by atoms with Crippen LogP contribution in [0.25, 0.3) is 0 Å². The number of hydrogen-bond donors (Lipinski definition) is 2. The van der Waals surface area contributed by atoms with E-state index >= 15 is 4.39 Å². The van der Waals surface area contributed by atoms with E-state index in [1.807, 2.05) is 0 Å². The number of rotatable bonds is 4. The average molecular weight is 528 g/mol. The van der Waals surface area contributed by atoms with Gasteiger partial charge in [-0.05, 0) is 12.5 Å². The van der Waals surface area contributed by atoms with E-state index in [-0.39, 0.29) is 67.2 Å². The first kappa shape index (κ1) is 24.5. The molecule has 0 bridgehead atoms. The molecule has 1 aromatic rings. The van der Waals surface area contributed by atoms with Crippen LogP contribution in [-0.2, 0) is 27.4 Å². The zero-order chi connectivity index (χ0) is 25.8. The molecular formula is C23H23ClF3N4O5+. The molecule has 3 aliphatic heterocycles. The second-order valence-corrected chi connectivity index (χ2v) is 9.88. The van der Waals surface area contributed by atoms with Crippen molar-refractivity contribution in [2.75, 3.05) is 13.1 Å². The van der Waals surface area contributed by atoms with E-state index in [9.17, 15) is 28.0 Å². The number of alkyl carbamates (subject to hydrolysis) is 1. The monoisotopic (exact) mass is 527 g/mol. The zero-order valence-corrected chi connectivity index (χ0v) is 19.8. The molecule has 3 fully saturated rings. The molecular weight excluding hydrogens is 505 g/mol. The van der Waals surface area contributed by atoms with Gasteiger partial charge < -0.3 is 15.0 Å². The van der Waals surface area contributed by atoms with E-state index < -0.39 is 47.7 Å².